The topological polar surface area (TPSA) is 15.3 Å². The molecule has 1 rings (SSSR count). The number of nitrogens with zero attached hydrogens (tertiary/aromatic N) is 1. The maximum Gasteiger partial charge on any atom is 0.0369 e. The van der Waals surface area contributed by atoms with Gasteiger partial charge in [0.15, 0.2) is 0 Å². The summed E-state index contributed by atoms with van der Waals surface area (Å²) in [6.07, 6.45) is 5.31. The molecule has 2 nitrogen and oxygen atoms in total. The Morgan fingerprint density at radius 3 is 2.65 bits per heavy atom. The molecule has 0 aliphatic carbocycles. The molecule has 0 saturated heterocycles. The SMILES string of the molecule is CCCCCC(C)NCCN(CC)c1cccc(C)c1. The smallest absolute Gasteiger partial charge is 0.0369 e. The molecule has 1 aromatic rings. The van der Waals surface area contributed by atoms with Crippen LogP contribution in [0.15, 0.2) is 24.3 Å². The Balaban J connectivity index is 2.31. The van der Waals surface area contributed by atoms with Crippen molar-refractivity contribution in [3.05, 3.63) is 29.8 Å². The molecule has 0 aromatic heterocycles. The van der Waals surface area contributed by atoms with Gasteiger partial charge >= 0.3 is 0 Å². The van der Waals surface area contributed by atoms with E-state index in [1.165, 1.54) is 36.9 Å². The van der Waals surface area contributed by atoms with Crippen LogP contribution in [0, 0.1) is 6.92 Å². The summed E-state index contributed by atoms with van der Waals surface area (Å²) >= 11 is 0. The Morgan fingerprint density at radius 2 is 2.00 bits per heavy atom. The molecule has 0 bridgehead atoms. The zero-order chi connectivity index (χ0) is 14.8. The third kappa shape index (κ3) is 6.42. The Bertz CT molecular complexity index is 362. The van der Waals surface area contributed by atoms with Crippen LogP contribution in [0.1, 0.15) is 52.0 Å². The van der Waals surface area contributed by atoms with Crippen molar-refractivity contribution in [3.63, 3.8) is 0 Å². The summed E-state index contributed by atoms with van der Waals surface area (Å²) in [4.78, 5) is 2.44. The lowest BCUT2D eigenvalue weighted by molar-refractivity contribution is 0.489. The molecule has 0 amide bonds. The number of aryl methyl sites for hydroxylation is 1. The van der Waals surface area contributed by atoms with Crippen LogP contribution in [0.25, 0.3) is 0 Å². The molecule has 1 unspecified atom stereocenters. The normalized spacial score (nSPS) is 12.4. The molecule has 0 aliphatic rings. The number of anilines is 1. The van der Waals surface area contributed by atoms with Crippen molar-refractivity contribution in [3.8, 4) is 0 Å². The molecule has 20 heavy (non-hydrogen) atoms. The first-order valence-electron chi connectivity index (χ1n) is 8.22. The largest absolute Gasteiger partial charge is 0.371 e. The summed E-state index contributed by atoms with van der Waals surface area (Å²) in [6, 6.07) is 9.42. The molecule has 0 aliphatic heterocycles. The van der Waals surface area contributed by atoms with Gasteiger partial charge in [-0.1, -0.05) is 38.3 Å². The van der Waals surface area contributed by atoms with E-state index in [2.05, 4.69) is 62.2 Å². The number of rotatable bonds is 10. The molecule has 114 valence electrons. The highest BCUT2D eigenvalue weighted by Crippen LogP contribution is 2.15. The second-order valence-corrected chi connectivity index (χ2v) is 5.77. The maximum absolute atomic E-state index is 3.65. The summed E-state index contributed by atoms with van der Waals surface area (Å²) in [5.74, 6) is 0. The molecule has 1 atom stereocenters. The summed E-state index contributed by atoms with van der Waals surface area (Å²) in [5.41, 5.74) is 2.68. The van der Waals surface area contributed by atoms with Gasteiger partial charge in [0.05, 0.1) is 0 Å². The van der Waals surface area contributed by atoms with Crippen molar-refractivity contribution < 1.29 is 0 Å². The van der Waals surface area contributed by atoms with Gasteiger partial charge in [0.25, 0.3) is 0 Å². The van der Waals surface area contributed by atoms with E-state index in [0.717, 1.165) is 19.6 Å². The van der Waals surface area contributed by atoms with Crippen LogP contribution in [0.4, 0.5) is 5.69 Å². The van der Waals surface area contributed by atoms with E-state index in [4.69, 9.17) is 0 Å². The Morgan fingerprint density at radius 1 is 1.20 bits per heavy atom. The van der Waals surface area contributed by atoms with Crippen molar-refractivity contribution >= 4 is 5.69 Å². The molecule has 1 aromatic carbocycles. The van der Waals surface area contributed by atoms with E-state index in [9.17, 15) is 0 Å². The molecule has 2 heteroatoms. The van der Waals surface area contributed by atoms with Crippen molar-refractivity contribution in [2.75, 3.05) is 24.5 Å². The number of hydrogen-bond acceptors (Lipinski definition) is 2. The fourth-order valence-electron chi connectivity index (χ4n) is 2.54. The number of nitrogens with one attached hydrogen (secondary N) is 1. The highest BCUT2D eigenvalue weighted by molar-refractivity contribution is 5.48. The van der Waals surface area contributed by atoms with Gasteiger partial charge in [-0.05, 0) is 44.9 Å². The minimum absolute atomic E-state index is 0.637. The third-order valence-corrected chi connectivity index (χ3v) is 3.86. The van der Waals surface area contributed by atoms with Gasteiger partial charge in [0.2, 0.25) is 0 Å². The van der Waals surface area contributed by atoms with E-state index in [1.807, 2.05) is 0 Å². The van der Waals surface area contributed by atoms with E-state index in [1.54, 1.807) is 0 Å². The molecule has 0 radical (unpaired) electrons. The standard InChI is InChI=1S/C18H32N2/c1-5-7-8-11-17(4)19-13-14-20(6-2)18-12-9-10-16(3)15-18/h9-10,12,15,17,19H,5-8,11,13-14H2,1-4H3. The Kier molecular flexibility index (Phi) is 8.36. The van der Waals surface area contributed by atoms with Gasteiger partial charge in [0.1, 0.15) is 0 Å². The zero-order valence-corrected chi connectivity index (χ0v) is 13.8. The van der Waals surface area contributed by atoms with Crippen LogP contribution in [-0.4, -0.2) is 25.7 Å². The van der Waals surface area contributed by atoms with Crippen LogP contribution in [-0.2, 0) is 0 Å². The molecule has 0 fully saturated rings. The number of benzene rings is 1. The van der Waals surface area contributed by atoms with Crippen molar-refractivity contribution in [2.45, 2.75) is 59.4 Å². The van der Waals surface area contributed by atoms with Crippen LogP contribution in [0.3, 0.4) is 0 Å². The fourth-order valence-corrected chi connectivity index (χ4v) is 2.54. The lowest BCUT2D eigenvalue weighted by atomic mass is 10.1. The molecule has 1 N–H and O–H groups in total. The van der Waals surface area contributed by atoms with Gasteiger partial charge in [-0.15, -0.1) is 0 Å². The highest BCUT2D eigenvalue weighted by atomic mass is 15.1. The summed E-state index contributed by atoms with van der Waals surface area (Å²) in [6.45, 7) is 12.2. The second kappa shape index (κ2) is 9.82. The van der Waals surface area contributed by atoms with Gasteiger partial charge < -0.3 is 10.2 Å². The average Bonchev–Trinajstić information content (AvgIpc) is 2.44. The third-order valence-electron chi connectivity index (χ3n) is 3.86. The van der Waals surface area contributed by atoms with Crippen LogP contribution >= 0.6 is 0 Å². The van der Waals surface area contributed by atoms with Crippen LogP contribution in [0.2, 0.25) is 0 Å². The predicted molar refractivity (Wildman–Crippen MR) is 90.7 cm³/mol. The molecule has 0 heterocycles. The van der Waals surface area contributed by atoms with E-state index in [0.29, 0.717) is 6.04 Å². The maximum atomic E-state index is 3.65. The Labute approximate surface area is 125 Å². The second-order valence-electron chi connectivity index (χ2n) is 5.77. The van der Waals surface area contributed by atoms with Crippen molar-refractivity contribution in [1.82, 2.24) is 5.32 Å². The first kappa shape index (κ1) is 17.0. The minimum Gasteiger partial charge on any atom is -0.371 e. The molecule has 0 saturated carbocycles. The summed E-state index contributed by atoms with van der Waals surface area (Å²) < 4.78 is 0. The summed E-state index contributed by atoms with van der Waals surface area (Å²) in [7, 11) is 0. The monoisotopic (exact) mass is 276 g/mol. The van der Waals surface area contributed by atoms with Gasteiger partial charge in [-0.2, -0.15) is 0 Å². The fraction of sp³-hybridized carbons (Fsp3) is 0.667. The lowest BCUT2D eigenvalue weighted by Gasteiger charge is -2.25. The molecule has 0 spiro atoms. The number of hydrogen-bond donors (Lipinski definition) is 1. The van der Waals surface area contributed by atoms with Crippen molar-refractivity contribution in [1.29, 1.82) is 0 Å². The van der Waals surface area contributed by atoms with Crippen LogP contribution in [0.5, 0.6) is 0 Å². The Hall–Kier alpha value is -1.02. The van der Waals surface area contributed by atoms with E-state index >= 15 is 0 Å². The van der Waals surface area contributed by atoms with Crippen LogP contribution < -0.4 is 10.2 Å². The average molecular weight is 276 g/mol. The van der Waals surface area contributed by atoms with E-state index in [-0.39, 0.29) is 0 Å². The molecular weight excluding hydrogens is 244 g/mol. The lowest BCUT2D eigenvalue weighted by Crippen LogP contribution is -2.36. The van der Waals surface area contributed by atoms with Gasteiger partial charge in [0, 0.05) is 31.4 Å². The molecular formula is C18H32N2. The minimum atomic E-state index is 0.637. The quantitative estimate of drug-likeness (QED) is 0.638. The first-order valence-corrected chi connectivity index (χ1v) is 8.22. The van der Waals surface area contributed by atoms with E-state index < -0.39 is 0 Å². The predicted octanol–water partition coefficient (Wildman–Crippen LogP) is 4.38. The van der Waals surface area contributed by atoms with Crippen molar-refractivity contribution in [2.24, 2.45) is 0 Å². The zero-order valence-electron chi connectivity index (χ0n) is 13.8. The summed E-state index contributed by atoms with van der Waals surface area (Å²) in [5, 5.41) is 3.65. The van der Waals surface area contributed by atoms with Gasteiger partial charge in [-0.3, -0.25) is 0 Å². The first-order chi connectivity index (χ1) is 9.67. The number of likely N-dealkylation sites (N-methyl/N-ethyl adjacent to an activating group) is 1. The van der Waals surface area contributed by atoms with Gasteiger partial charge in [-0.25, -0.2) is 0 Å². The number of unbranched alkanes of at least 4 members (excludes halogenated alkanes) is 2. The highest BCUT2D eigenvalue weighted by Gasteiger charge is 2.05.